The molecule has 0 fully saturated rings. The van der Waals surface area contributed by atoms with Crippen LogP contribution >= 0.6 is 11.3 Å². The van der Waals surface area contributed by atoms with E-state index in [-0.39, 0.29) is 5.69 Å². The zero-order valence-corrected chi connectivity index (χ0v) is 14.8. The number of nitrogens with zero attached hydrogens (tertiary/aromatic N) is 3. The first-order chi connectivity index (χ1) is 13.2. The number of aromatic nitrogens is 1. The summed E-state index contributed by atoms with van der Waals surface area (Å²) in [6.45, 7) is 1.10. The molecule has 4 rings (SSSR count). The van der Waals surface area contributed by atoms with Crippen molar-refractivity contribution in [2.75, 3.05) is 18.6 Å². The third kappa shape index (κ3) is 3.87. The minimum atomic E-state index is -0.436. The Labute approximate surface area is 158 Å². The van der Waals surface area contributed by atoms with Gasteiger partial charge in [-0.15, -0.1) is 11.3 Å². The van der Waals surface area contributed by atoms with Crippen LogP contribution < -0.4 is 14.9 Å². The van der Waals surface area contributed by atoms with Crippen molar-refractivity contribution in [3.05, 3.63) is 63.5 Å². The van der Waals surface area contributed by atoms with Crippen molar-refractivity contribution in [2.24, 2.45) is 5.10 Å². The smallest absolute Gasteiger partial charge is 0.269 e. The third-order valence-electron chi connectivity index (χ3n) is 3.82. The van der Waals surface area contributed by atoms with Crippen LogP contribution in [0.3, 0.4) is 0 Å². The third-order valence-corrected chi connectivity index (χ3v) is 4.57. The topological polar surface area (TPSA) is 98.9 Å². The number of hydrazone groups is 1. The van der Waals surface area contributed by atoms with Gasteiger partial charge in [-0.3, -0.25) is 15.5 Å². The second-order valence-corrected chi connectivity index (χ2v) is 6.47. The summed E-state index contributed by atoms with van der Waals surface area (Å²) in [5, 5.41) is 17.3. The van der Waals surface area contributed by atoms with Gasteiger partial charge in [0, 0.05) is 23.1 Å². The van der Waals surface area contributed by atoms with Crippen molar-refractivity contribution < 1.29 is 14.4 Å². The highest BCUT2D eigenvalue weighted by Gasteiger charge is 2.13. The van der Waals surface area contributed by atoms with E-state index < -0.39 is 4.92 Å². The maximum atomic E-state index is 10.6. The Bertz CT molecular complexity index is 1000. The molecular formula is C18H14N4O4S. The fraction of sp³-hybridized carbons (Fsp3) is 0.111. The number of rotatable bonds is 5. The molecule has 27 heavy (non-hydrogen) atoms. The zero-order chi connectivity index (χ0) is 18.6. The summed E-state index contributed by atoms with van der Waals surface area (Å²) < 4.78 is 11.1. The van der Waals surface area contributed by atoms with Crippen LogP contribution in [0.25, 0.3) is 11.3 Å². The number of thiazole rings is 1. The molecule has 0 aliphatic carbocycles. The number of hydrogen-bond donors (Lipinski definition) is 1. The van der Waals surface area contributed by atoms with Crippen LogP contribution in [0, 0.1) is 10.1 Å². The second kappa shape index (κ2) is 7.42. The molecule has 0 bridgehead atoms. The van der Waals surface area contributed by atoms with Crippen LogP contribution in [0.2, 0.25) is 0 Å². The van der Waals surface area contributed by atoms with Crippen molar-refractivity contribution in [2.45, 2.75) is 0 Å². The average molecular weight is 382 g/mol. The van der Waals surface area contributed by atoms with Crippen molar-refractivity contribution >= 4 is 28.4 Å². The SMILES string of the molecule is O=[N+]([O-])c1ccc(C=NNc2nc(-c3ccc4c(c3)OCCO4)cs2)cc1. The van der Waals surface area contributed by atoms with Gasteiger partial charge >= 0.3 is 0 Å². The Hall–Kier alpha value is -3.46. The zero-order valence-electron chi connectivity index (χ0n) is 14.0. The second-order valence-electron chi connectivity index (χ2n) is 5.61. The van der Waals surface area contributed by atoms with E-state index in [2.05, 4.69) is 15.5 Å². The number of nitro benzene ring substituents is 1. The predicted octanol–water partition coefficient (Wildman–Crippen LogP) is 3.94. The molecule has 0 radical (unpaired) electrons. The van der Waals surface area contributed by atoms with Crippen LogP contribution in [-0.2, 0) is 0 Å². The lowest BCUT2D eigenvalue weighted by atomic mass is 10.1. The van der Waals surface area contributed by atoms with Crippen molar-refractivity contribution in [3.8, 4) is 22.8 Å². The molecule has 0 amide bonds. The van der Waals surface area contributed by atoms with Gasteiger partial charge in [-0.25, -0.2) is 4.98 Å². The summed E-state index contributed by atoms with van der Waals surface area (Å²) >= 11 is 1.43. The molecular weight excluding hydrogens is 368 g/mol. The van der Waals surface area contributed by atoms with Crippen LogP contribution in [0.4, 0.5) is 10.8 Å². The van der Waals surface area contributed by atoms with E-state index >= 15 is 0 Å². The Kier molecular flexibility index (Phi) is 4.67. The molecule has 3 aromatic rings. The first-order valence-corrected chi connectivity index (χ1v) is 8.96. The Morgan fingerprint density at radius 1 is 1.15 bits per heavy atom. The summed E-state index contributed by atoms with van der Waals surface area (Å²) in [6, 6.07) is 11.9. The van der Waals surface area contributed by atoms with E-state index in [1.165, 1.54) is 23.5 Å². The number of non-ortho nitro benzene ring substituents is 1. The van der Waals surface area contributed by atoms with Crippen molar-refractivity contribution in [1.29, 1.82) is 0 Å². The highest BCUT2D eigenvalue weighted by molar-refractivity contribution is 7.14. The number of anilines is 1. The molecule has 0 spiro atoms. The molecule has 1 aromatic heterocycles. The summed E-state index contributed by atoms with van der Waals surface area (Å²) in [5.74, 6) is 1.46. The average Bonchev–Trinajstić information content (AvgIpc) is 3.17. The van der Waals surface area contributed by atoms with Crippen LogP contribution in [0.5, 0.6) is 11.5 Å². The van der Waals surface area contributed by atoms with E-state index in [0.717, 1.165) is 28.3 Å². The number of nitro groups is 1. The lowest BCUT2D eigenvalue weighted by molar-refractivity contribution is -0.384. The standard InChI is InChI=1S/C18H14N4O4S/c23-22(24)14-4-1-12(2-5-14)10-19-21-18-20-15(11-27-18)13-3-6-16-17(9-13)26-8-7-25-16/h1-6,9-11H,7-8H2,(H,20,21). The van der Waals surface area contributed by atoms with Crippen molar-refractivity contribution in [3.63, 3.8) is 0 Å². The fourth-order valence-corrected chi connectivity index (χ4v) is 3.17. The summed E-state index contributed by atoms with van der Waals surface area (Å²) in [6.07, 6.45) is 1.58. The Balaban J connectivity index is 1.43. The number of benzene rings is 2. The van der Waals surface area contributed by atoms with E-state index in [1.54, 1.807) is 18.3 Å². The van der Waals surface area contributed by atoms with Crippen molar-refractivity contribution in [1.82, 2.24) is 4.98 Å². The lowest BCUT2D eigenvalue weighted by Crippen LogP contribution is -2.15. The van der Waals surface area contributed by atoms with E-state index in [4.69, 9.17) is 9.47 Å². The molecule has 0 atom stereocenters. The van der Waals surface area contributed by atoms with E-state index in [9.17, 15) is 10.1 Å². The molecule has 1 N–H and O–H groups in total. The minimum Gasteiger partial charge on any atom is -0.486 e. The van der Waals surface area contributed by atoms with Gasteiger partial charge in [-0.05, 0) is 35.9 Å². The van der Waals surface area contributed by atoms with E-state index in [1.807, 2.05) is 23.6 Å². The van der Waals surface area contributed by atoms with Gasteiger partial charge in [0.25, 0.3) is 5.69 Å². The predicted molar refractivity (Wildman–Crippen MR) is 103 cm³/mol. The van der Waals surface area contributed by atoms with Gasteiger partial charge in [0.05, 0.1) is 16.8 Å². The largest absolute Gasteiger partial charge is 0.486 e. The maximum Gasteiger partial charge on any atom is 0.269 e. The number of hydrogen-bond acceptors (Lipinski definition) is 8. The molecule has 8 nitrogen and oxygen atoms in total. The molecule has 1 aliphatic heterocycles. The monoisotopic (exact) mass is 382 g/mol. The van der Waals surface area contributed by atoms with Gasteiger partial charge in [-0.2, -0.15) is 5.10 Å². The molecule has 0 saturated heterocycles. The highest BCUT2D eigenvalue weighted by atomic mass is 32.1. The normalized spacial score (nSPS) is 12.9. The summed E-state index contributed by atoms with van der Waals surface area (Å²) in [5.41, 5.74) is 5.41. The van der Waals surface area contributed by atoms with Gasteiger partial charge in [-0.1, -0.05) is 0 Å². The molecule has 9 heteroatoms. The molecule has 2 aromatic carbocycles. The Morgan fingerprint density at radius 2 is 1.93 bits per heavy atom. The molecule has 0 unspecified atom stereocenters. The quantitative estimate of drug-likeness (QED) is 0.408. The van der Waals surface area contributed by atoms with Crippen LogP contribution in [0.1, 0.15) is 5.56 Å². The molecule has 1 aliphatic rings. The maximum absolute atomic E-state index is 10.6. The van der Waals surface area contributed by atoms with Gasteiger partial charge in [0.1, 0.15) is 13.2 Å². The van der Waals surface area contributed by atoms with E-state index in [0.29, 0.717) is 18.3 Å². The summed E-state index contributed by atoms with van der Waals surface area (Å²) in [7, 11) is 0. The summed E-state index contributed by atoms with van der Waals surface area (Å²) in [4.78, 5) is 14.7. The molecule has 0 saturated carbocycles. The first kappa shape index (κ1) is 17.0. The fourth-order valence-electron chi connectivity index (χ4n) is 2.50. The molecule has 136 valence electrons. The number of ether oxygens (including phenoxy) is 2. The van der Waals surface area contributed by atoms with Gasteiger partial charge in [0.2, 0.25) is 5.13 Å². The van der Waals surface area contributed by atoms with Gasteiger partial charge in [0.15, 0.2) is 11.5 Å². The number of fused-ring (bicyclic) bond motifs is 1. The first-order valence-electron chi connectivity index (χ1n) is 8.08. The molecule has 2 heterocycles. The van der Waals surface area contributed by atoms with Gasteiger partial charge < -0.3 is 9.47 Å². The number of nitrogens with one attached hydrogen (secondary N) is 1. The Morgan fingerprint density at radius 3 is 2.70 bits per heavy atom. The lowest BCUT2D eigenvalue weighted by Gasteiger charge is -2.18. The van der Waals surface area contributed by atoms with Crippen LogP contribution in [0.15, 0.2) is 52.9 Å². The van der Waals surface area contributed by atoms with Crippen LogP contribution in [-0.4, -0.2) is 29.3 Å². The highest BCUT2D eigenvalue weighted by Crippen LogP contribution is 2.35. The minimum absolute atomic E-state index is 0.0455.